The van der Waals surface area contributed by atoms with E-state index in [1.807, 2.05) is 0 Å². The molecule has 1 N–H and O–H groups in total. The molecular formula is C11H12ClN3O4. The largest absolute Gasteiger partial charge is 0.481 e. The molecule has 0 spiro atoms. The lowest BCUT2D eigenvalue weighted by Crippen LogP contribution is -2.32. The molecule has 1 fully saturated rings. The molecule has 1 aromatic heterocycles. The summed E-state index contributed by atoms with van der Waals surface area (Å²) in [6, 6.07) is 1.22. The van der Waals surface area contributed by atoms with Gasteiger partial charge in [0.1, 0.15) is 12.0 Å². The number of carboxylic acids is 1. The van der Waals surface area contributed by atoms with Crippen LogP contribution in [0.4, 0.5) is 11.5 Å². The molecule has 2 heterocycles. The van der Waals surface area contributed by atoms with Crippen LogP contribution in [0.1, 0.15) is 13.3 Å². The number of halogens is 1. The first-order valence-corrected chi connectivity index (χ1v) is 5.99. The normalized spacial score (nSPS) is 22.5. The number of nitrogens with zero attached hydrogens (tertiary/aromatic N) is 3. The van der Waals surface area contributed by atoms with Crippen LogP contribution >= 0.6 is 11.6 Å². The molecule has 1 aromatic rings. The molecule has 1 aliphatic rings. The van der Waals surface area contributed by atoms with Crippen LogP contribution in [-0.2, 0) is 4.79 Å². The third kappa shape index (κ3) is 2.46. The van der Waals surface area contributed by atoms with Gasteiger partial charge >= 0.3 is 5.97 Å². The molecule has 1 atom stereocenters. The number of hydrogen-bond acceptors (Lipinski definition) is 5. The van der Waals surface area contributed by atoms with Crippen LogP contribution in [0.3, 0.4) is 0 Å². The lowest BCUT2D eigenvalue weighted by Gasteiger charge is -2.21. The van der Waals surface area contributed by atoms with Crippen molar-refractivity contribution < 1.29 is 14.8 Å². The van der Waals surface area contributed by atoms with Crippen LogP contribution in [0.5, 0.6) is 0 Å². The maximum Gasteiger partial charge on any atom is 0.311 e. The van der Waals surface area contributed by atoms with E-state index < -0.39 is 16.3 Å². The van der Waals surface area contributed by atoms with Crippen LogP contribution in [0, 0.1) is 15.5 Å². The summed E-state index contributed by atoms with van der Waals surface area (Å²) in [6.45, 7) is 2.45. The minimum Gasteiger partial charge on any atom is -0.481 e. The van der Waals surface area contributed by atoms with Crippen LogP contribution in [0.2, 0.25) is 5.02 Å². The van der Waals surface area contributed by atoms with Gasteiger partial charge in [0.25, 0.3) is 5.69 Å². The van der Waals surface area contributed by atoms with Gasteiger partial charge in [-0.05, 0) is 13.3 Å². The Bertz CT molecular complexity index is 551. The number of hydrogen-bond donors (Lipinski definition) is 1. The average molecular weight is 286 g/mol. The first-order chi connectivity index (χ1) is 8.83. The zero-order valence-corrected chi connectivity index (χ0v) is 10.9. The van der Waals surface area contributed by atoms with E-state index in [1.54, 1.807) is 11.8 Å². The number of rotatable bonds is 3. The fourth-order valence-electron chi connectivity index (χ4n) is 2.07. The number of pyridine rings is 1. The summed E-state index contributed by atoms with van der Waals surface area (Å²) in [7, 11) is 0. The van der Waals surface area contributed by atoms with E-state index in [4.69, 9.17) is 16.7 Å². The van der Waals surface area contributed by atoms with Crippen LogP contribution in [0.25, 0.3) is 0 Å². The van der Waals surface area contributed by atoms with Gasteiger partial charge in [-0.15, -0.1) is 0 Å². The average Bonchev–Trinajstić information content (AvgIpc) is 2.73. The fourth-order valence-corrected chi connectivity index (χ4v) is 2.35. The predicted octanol–water partition coefficient (Wildman–Crippen LogP) is 1.94. The van der Waals surface area contributed by atoms with Crippen molar-refractivity contribution in [1.29, 1.82) is 0 Å². The Morgan fingerprint density at radius 3 is 2.84 bits per heavy atom. The molecule has 102 valence electrons. The molecule has 0 aromatic carbocycles. The van der Waals surface area contributed by atoms with Gasteiger partial charge in [0.05, 0.1) is 15.4 Å². The highest BCUT2D eigenvalue weighted by molar-refractivity contribution is 6.33. The summed E-state index contributed by atoms with van der Waals surface area (Å²) in [5.74, 6) is -0.481. The zero-order chi connectivity index (χ0) is 14.2. The summed E-state index contributed by atoms with van der Waals surface area (Å²) in [5.41, 5.74) is -1.03. The summed E-state index contributed by atoms with van der Waals surface area (Å²) in [5, 5.41) is 19.9. The van der Waals surface area contributed by atoms with Crippen molar-refractivity contribution in [2.75, 3.05) is 18.0 Å². The van der Waals surface area contributed by atoms with Crippen molar-refractivity contribution in [2.24, 2.45) is 5.41 Å². The lowest BCUT2D eigenvalue weighted by atomic mass is 9.90. The van der Waals surface area contributed by atoms with Gasteiger partial charge in [-0.25, -0.2) is 4.98 Å². The number of aliphatic carboxylic acids is 1. The first kappa shape index (κ1) is 13.5. The molecular weight excluding hydrogens is 274 g/mol. The number of anilines is 1. The monoisotopic (exact) mass is 285 g/mol. The molecule has 1 unspecified atom stereocenters. The lowest BCUT2D eigenvalue weighted by molar-refractivity contribution is -0.385. The fraction of sp³-hybridized carbons (Fsp3) is 0.455. The quantitative estimate of drug-likeness (QED) is 0.673. The van der Waals surface area contributed by atoms with Crippen LogP contribution in [-0.4, -0.2) is 34.1 Å². The van der Waals surface area contributed by atoms with Gasteiger partial charge in [0.15, 0.2) is 0 Å². The highest BCUT2D eigenvalue weighted by Gasteiger charge is 2.41. The highest BCUT2D eigenvalue weighted by Crippen LogP contribution is 2.36. The molecule has 0 bridgehead atoms. The number of carboxylic acid groups (broad SMARTS) is 1. The third-order valence-corrected chi connectivity index (χ3v) is 3.59. The minimum absolute atomic E-state index is 0.156. The van der Waals surface area contributed by atoms with E-state index in [1.165, 1.54) is 6.07 Å². The molecule has 0 saturated carbocycles. The molecule has 19 heavy (non-hydrogen) atoms. The van der Waals surface area contributed by atoms with Crippen molar-refractivity contribution >= 4 is 29.1 Å². The van der Waals surface area contributed by atoms with Crippen molar-refractivity contribution in [2.45, 2.75) is 13.3 Å². The number of carbonyl (C=O) groups is 1. The summed E-state index contributed by atoms with van der Waals surface area (Å²) < 4.78 is 0. The molecule has 8 heteroatoms. The topological polar surface area (TPSA) is 96.6 Å². The molecule has 7 nitrogen and oxygen atoms in total. The Labute approximate surface area is 114 Å². The zero-order valence-electron chi connectivity index (χ0n) is 10.2. The first-order valence-electron chi connectivity index (χ1n) is 5.62. The van der Waals surface area contributed by atoms with E-state index >= 15 is 0 Å². The van der Waals surface area contributed by atoms with Crippen molar-refractivity contribution in [1.82, 2.24) is 4.98 Å². The van der Waals surface area contributed by atoms with Crippen molar-refractivity contribution in [3.05, 3.63) is 27.4 Å². The second-order valence-electron chi connectivity index (χ2n) is 4.79. The smallest absolute Gasteiger partial charge is 0.311 e. The van der Waals surface area contributed by atoms with Gasteiger partial charge in [-0.3, -0.25) is 14.9 Å². The van der Waals surface area contributed by atoms with Gasteiger partial charge in [0, 0.05) is 19.2 Å². The molecule has 2 rings (SSSR count). The maximum atomic E-state index is 11.2. The van der Waals surface area contributed by atoms with Gasteiger partial charge < -0.3 is 10.0 Å². The Hall–Kier alpha value is -1.89. The minimum atomic E-state index is -0.868. The van der Waals surface area contributed by atoms with Crippen molar-refractivity contribution in [3.63, 3.8) is 0 Å². The standard InChI is InChI=1S/C11H12ClN3O4/c1-11(10(16)17)2-3-14(6-11)9-8(12)4-7(5-13-9)15(18)19/h4-5H,2-3,6H2,1H3,(H,16,17). The Morgan fingerprint density at radius 2 is 2.37 bits per heavy atom. The van der Waals surface area contributed by atoms with Crippen LogP contribution < -0.4 is 4.90 Å². The predicted molar refractivity (Wildman–Crippen MR) is 68.5 cm³/mol. The maximum absolute atomic E-state index is 11.2. The summed E-state index contributed by atoms with van der Waals surface area (Å²) in [4.78, 5) is 26.9. The van der Waals surface area contributed by atoms with Gasteiger partial charge in [0.2, 0.25) is 0 Å². The summed E-state index contributed by atoms with van der Waals surface area (Å²) in [6.07, 6.45) is 1.61. The molecule has 1 saturated heterocycles. The Morgan fingerprint density at radius 1 is 1.68 bits per heavy atom. The SMILES string of the molecule is CC1(C(=O)O)CCN(c2ncc([N+](=O)[O-])cc2Cl)C1. The van der Waals surface area contributed by atoms with E-state index in [9.17, 15) is 14.9 Å². The van der Waals surface area contributed by atoms with E-state index in [2.05, 4.69) is 4.98 Å². The van der Waals surface area contributed by atoms with E-state index in [0.717, 1.165) is 6.20 Å². The molecule has 1 aliphatic heterocycles. The van der Waals surface area contributed by atoms with E-state index in [-0.39, 0.29) is 17.3 Å². The molecule has 0 aliphatic carbocycles. The second-order valence-corrected chi connectivity index (χ2v) is 5.20. The number of aromatic nitrogens is 1. The molecule has 0 amide bonds. The Kier molecular flexibility index (Phi) is 3.32. The highest BCUT2D eigenvalue weighted by atomic mass is 35.5. The van der Waals surface area contributed by atoms with Gasteiger partial charge in [-0.1, -0.05) is 11.6 Å². The second kappa shape index (κ2) is 4.65. The van der Waals surface area contributed by atoms with Crippen molar-refractivity contribution in [3.8, 4) is 0 Å². The molecule has 0 radical (unpaired) electrons. The van der Waals surface area contributed by atoms with Gasteiger partial charge in [-0.2, -0.15) is 0 Å². The Balaban J connectivity index is 2.25. The van der Waals surface area contributed by atoms with Crippen LogP contribution in [0.15, 0.2) is 12.3 Å². The van der Waals surface area contributed by atoms with E-state index in [0.29, 0.717) is 18.8 Å². The number of nitro groups is 1. The third-order valence-electron chi connectivity index (χ3n) is 3.31. The summed E-state index contributed by atoms with van der Waals surface area (Å²) >= 11 is 5.97.